The minimum atomic E-state index is -1.20. The number of aliphatic imine (C=N–C) groups is 1. The summed E-state index contributed by atoms with van der Waals surface area (Å²) in [5.41, 5.74) is 16.4. The van der Waals surface area contributed by atoms with Gasteiger partial charge in [-0.2, -0.15) is 0 Å². The molecule has 0 bridgehead atoms. The number of carbonyl (C=O) groups is 4. The molecule has 0 radical (unpaired) electrons. The van der Waals surface area contributed by atoms with Crippen molar-refractivity contribution in [3.8, 4) is 0 Å². The van der Waals surface area contributed by atoms with Crippen LogP contribution in [0.15, 0.2) is 4.99 Å². The Bertz CT molecular complexity index is 607. The van der Waals surface area contributed by atoms with Gasteiger partial charge >= 0.3 is 5.97 Å². The number of guanidine groups is 1. The fourth-order valence-electron chi connectivity index (χ4n) is 2.20. The predicted octanol–water partition coefficient (Wildman–Crippen LogP) is -2.40. The molecule has 0 heterocycles. The van der Waals surface area contributed by atoms with E-state index in [1.54, 1.807) is 0 Å². The van der Waals surface area contributed by atoms with Crippen molar-refractivity contribution >= 4 is 29.7 Å². The number of rotatable bonds is 13. The molecule has 166 valence electrons. The summed E-state index contributed by atoms with van der Waals surface area (Å²) in [6.45, 7) is 4.84. The van der Waals surface area contributed by atoms with E-state index in [0.717, 1.165) is 0 Å². The highest BCUT2D eigenvalue weighted by Gasteiger charge is 2.26. The number of amides is 3. The third-order valence-corrected chi connectivity index (χ3v) is 4.31. The summed E-state index contributed by atoms with van der Waals surface area (Å²) >= 11 is 0. The molecule has 12 nitrogen and oxygen atoms in total. The van der Waals surface area contributed by atoms with Gasteiger partial charge < -0.3 is 38.3 Å². The van der Waals surface area contributed by atoms with Crippen LogP contribution >= 0.6 is 0 Å². The zero-order valence-corrected chi connectivity index (χ0v) is 17.1. The summed E-state index contributed by atoms with van der Waals surface area (Å²) in [6.07, 6.45) is 1.31. The molecule has 0 aromatic carbocycles. The minimum Gasteiger partial charge on any atom is -0.480 e. The summed E-state index contributed by atoms with van der Waals surface area (Å²) in [7, 11) is 0. The van der Waals surface area contributed by atoms with Gasteiger partial charge in [-0.1, -0.05) is 20.3 Å². The Morgan fingerprint density at radius 1 is 1.07 bits per heavy atom. The molecule has 0 saturated heterocycles. The maximum Gasteiger partial charge on any atom is 0.325 e. The van der Waals surface area contributed by atoms with Crippen LogP contribution in [0, 0.1) is 5.92 Å². The molecule has 0 aliphatic carbocycles. The molecular formula is C17H33N7O5. The maximum absolute atomic E-state index is 12.4. The normalized spacial score (nSPS) is 14.6. The largest absolute Gasteiger partial charge is 0.480 e. The molecule has 29 heavy (non-hydrogen) atoms. The first-order valence-electron chi connectivity index (χ1n) is 9.40. The first-order chi connectivity index (χ1) is 13.5. The Morgan fingerprint density at radius 3 is 2.21 bits per heavy atom. The van der Waals surface area contributed by atoms with Gasteiger partial charge in [-0.25, -0.2) is 0 Å². The van der Waals surface area contributed by atoms with Gasteiger partial charge in [0.05, 0.1) is 12.6 Å². The van der Waals surface area contributed by atoms with Crippen LogP contribution in [0.1, 0.15) is 40.0 Å². The molecule has 0 fully saturated rings. The molecule has 4 unspecified atom stereocenters. The second-order valence-electron chi connectivity index (χ2n) is 6.77. The van der Waals surface area contributed by atoms with Crippen molar-refractivity contribution in [1.82, 2.24) is 16.0 Å². The average molecular weight is 415 g/mol. The van der Waals surface area contributed by atoms with E-state index in [1.165, 1.54) is 6.92 Å². The van der Waals surface area contributed by atoms with Crippen molar-refractivity contribution < 1.29 is 24.3 Å². The molecule has 0 spiro atoms. The van der Waals surface area contributed by atoms with Gasteiger partial charge in [-0.3, -0.25) is 24.2 Å². The van der Waals surface area contributed by atoms with Crippen LogP contribution in [0.3, 0.4) is 0 Å². The number of nitrogens with zero attached hydrogens (tertiary/aromatic N) is 1. The molecule has 0 aromatic heterocycles. The standard InChI is InChI=1S/C17H33N7O5/c1-4-9(2)13(18)15(27)24-11(6-5-7-21-17(19)20)14(26)22-8-12(25)23-10(3)16(28)29/h9-11,13H,4-8,18H2,1-3H3,(H,22,26)(H,23,25)(H,24,27)(H,28,29)(H4,19,20,21). The number of carboxylic acids is 1. The maximum atomic E-state index is 12.4. The number of aliphatic carboxylic acids is 1. The third kappa shape index (κ3) is 10.9. The zero-order valence-electron chi connectivity index (χ0n) is 17.1. The summed E-state index contributed by atoms with van der Waals surface area (Å²) in [5.74, 6) is -3.12. The Morgan fingerprint density at radius 2 is 1.69 bits per heavy atom. The van der Waals surface area contributed by atoms with Crippen molar-refractivity contribution in [3.63, 3.8) is 0 Å². The SMILES string of the molecule is CCC(C)C(N)C(=O)NC(CCCN=C(N)N)C(=O)NCC(=O)NC(C)C(=O)O. The molecular weight excluding hydrogens is 382 g/mol. The van der Waals surface area contributed by atoms with Crippen molar-refractivity contribution in [2.24, 2.45) is 28.1 Å². The second-order valence-corrected chi connectivity index (χ2v) is 6.77. The molecule has 10 N–H and O–H groups in total. The molecule has 0 aliphatic heterocycles. The zero-order chi connectivity index (χ0) is 22.6. The van der Waals surface area contributed by atoms with Crippen LogP contribution in [0.25, 0.3) is 0 Å². The quantitative estimate of drug-likeness (QED) is 0.0975. The van der Waals surface area contributed by atoms with E-state index >= 15 is 0 Å². The Labute approximate surface area is 170 Å². The number of hydrogen-bond donors (Lipinski definition) is 7. The number of carboxylic acid groups (broad SMARTS) is 1. The highest BCUT2D eigenvalue weighted by molar-refractivity contribution is 5.92. The molecule has 0 aromatic rings. The Balaban J connectivity index is 4.90. The lowest BCUT2D eigenvalue weighted by Gasteiger charge is -2.23. The van der Waals surface area contributed by atoms with E-state index < -0.39 is 48.4 Å². The molecule has 3 amide bonds. The van der Waals surface area contributed by atoms with Gasteiger partial charge in [0.2, 0.25) is 17.7 Å². The van der Waals surface area contributed by atoms with Gasteiger partial charge in [0.15, 0.2) is 5.96 Å². The minimum absolute atomic E-state index is 0.0800. The number of carbonyl (C=O) groups excluding carboxylic acids is 3. The molecule has 0 aliphatic rings. The van der Waals surface area contributed by atoms with Crippen LogP contribution in [-0.2, 0) is 19.2 Å². The van der Waals surface area contributed by atoms with Crippen LogP contribution in [0.2, 0.25) is 0 Å². The van der Waals surface area contributed by atoms with Crippen LogP contribution in [-0.4, -0.2) is 66.0 Å². The van der Waals surface area contributed by atoms with Gasteiger partial charge in [-0.05, 0) is 25.7 Å². The average Bonchev–Trinajstić information content (AvgIpc) is 2.66. The van der Waals surface area contributed by atoms with E-state index in [9.17, 15) is 19.2 Å². The fraction of sp³-hybridized carbons (Fsp3) is 0.706. The second kappa shape index (κ2) is 13.3. The first kappa shape index (κ1) is 26.1. The van der Waals surface area contributed by atoms with Crippen LogP contribution in [0.5, 0.6) is 0 Å². The predicted molar refractivity (Wildman–Crippen MR) is 108 cm³/mol. The van der Waals surface area contributed by atoms with Crippen molar-refractivity contribution in [2.75, 3.05) is 13.1 Å². The van der Waals surface area contributed by atoms with E-state index in [0.29, 0.717) is 12.8 Å². The van der Waals surface area contributed by atoms with E-state index in [2.05, 4.69) is 20.9 Å². The van der Waals surface area contributed by atoms with E-state index in [1.807, 2.05) is 13.8 Å². The van der Waals surface area contributed by atoms with Gasteiger partial charge in [0, 0.05) is 6.54 Å². The van der Waals surface area contributed by atoms with Gasteiger partial charge in [0.1, 0.15) is 12.1 Å². The Kier molecular flexibility index (Phi) is 12.0. The van der Waals surface area contributed by atoms with Crippen molar-refractivity contribution in [1.29, 1.82) is 0 Å². The summed E-state index contributed by atoms with van der Waals surface area (Å²) < 4.78 is 0. The lowest BCUT2D eigenvalue weighted by Crippen LogP contribution is -2.54. The van der Waals surface area contributed by atoms with E-state index in [-0.39, 0.29) is 24.8 Å². The number of nitrogens with one attached hydrogen (secondary N) is 3. The topological polar surface area (TPSA) is 215 Å². The lowest BCUT2D eigenvalue weighted by molar-refractivity contribution is -0.141. The van der Waals surface area contributed by atoms with Crippen LogP contribution in [0.4, 0.5) is 0 Å². The molecule has 0 saturated carbocycles. The van der Waals surface area contributed by atoms with Crippen molar-refractivity contribution in [3.05, 3.63) is 0 Å². The van der Waals surface area contributed by atoms with E-state index in [4.69, 9.17) is 22.3 Å². The Hall–Kier alpha value is -2.89. The monoisotopic (exact) mass is 415 g/mol. The lowest BCUT2D eigenvalue weighted by atomic mass is 9.98. The molecule has 0 rings (SSSR count). The summed E-state index contributed by atoms with van der Waals surface area (Å²) in [6, 6.07) is -2.83. The summed E-state index contributed by atoms with van der Waals surface area (Å²) in [5, 5.41) is 16.0. The van der Waals surface area contributed by atoms with Crippen LogP contribution < -0.4 is 33.2 Å². The smallest absolute Gasteiger partial charge is 0.325 e. The van der Waals surface area contributed by atoms with Gasteiger partial charge in [-0.15, -0.1) is 0 Å². The van der Waals surface area contributed by atoms with Gasteiger partial charge in [0.25, 0.3) is 0 Å². The summed E-state index contributed by atoms with van der Waals surface area (Å²) in [4.78, 5) is 51.1. The highest BCUT2D eigenvalue weighted by atomic mass is 16.4. The third-order valence-electron chi connectivity index (χ3n) is 4.31. The number of nitrogens with two attached hydrogens (primary N) is 3. The number of hydrogen-bond acceptors (Lipinski definition) is 6. The molecule has 4 atom stereocenters. The fourth-order valence-corrected chi connectivity index (χ4v) is 2.20. The van der Waals surface area contributed by atoms with Crippen molar-refractivity contribution in [2.45, 2.75) is 58.2 Å². The molecule has 12 heteroatoms. The highest BCUT2D eigenvalue weighted by Crippen LogP contribution is 2.07. The first-order valence-corrected chi connectivity index (χ1v) is 9.40.